The smallest absolute Gasteiger partial charge is 0.00675 e. The van der Waals surface area contributed by atoms with Crippen LogP contribution >= 0.6 is 0 Å². The van der Waals surface area contributed by atoms with Crippen molar-refractivity contribution in [2.45, 2.75) is 104 Å². The summed E-state index contributed by atoms with van der Waals surface area (Å²) >= 11 is 0. The number of nitrogens with two attached hydrogens (primary N) is 1. The summed E-state index contributed by atoms with van der Waals surface area (Å²) in [6.07, 6.45) is 16.4. The SMILES string of the molecule is CC1C(N)CCC2(C)C1CCC1(C)C3CCC4(C)CCC[C@@H]4C3CCC21. The second-order valence-electron chi connectivity index (χ2n) is 12.3. The molecule has 10 atom stereocenters. The van der Waals surface area contributed by atoms with Gasteiger partial charge in [-0.15, -0.1) is 0 Å². The van der Waals surface area contributed by atoms with Gasteiger partial charge in [0, 0.05) is 6.04 Å². The summed E-state index contributed by atoms with van der Waals surface area (Å²) in [6.45, 7) is 10.6. The van der Waals surface area contributed by atoms with Gasteiger partial charge < -0.3 is 5.73 Å². The van der Waals surface area contributed by atoms with E-state index in [9.17, 15) is 0 Å². The molecule has 5 rings (SSSR count). The molecule has 5 aliphatic carbocycles. The van der Waals surface area contributed by atoms with Gasteiger partial charge in [0.25, 0.3) is 0 Å². The van der Waals surface area contributed by atoms with Gasteiger partial charge in [-0.2, -0.15) is 0 Å². The molecule has 0 aromatic rings. The van der Waals surface area contributed by atoms with Gasteiger partial charge in [0.15, 0.2) is 0 Å². The average Bonchev–Trinajstić information content (AvgIpc) is 3.00. The van der Waals surface area contributed by atoms with Crippen LogP contribution in [0.1, 0.15) is 98.3 Å². The standard InChI is InChI=1S/C25H43N/c1-16-18-10-14-25(4)20-9-13-23(2)12-5-6-19(23)17(20)7-8-22(25)24(18,3)15-11-21(16)26/h16-22H,5-15,26H2,1-4H3/t16?,17?,18?,19-,20?,21?,22?,23?,24?,25?/m1/s1. The molecule has 1 nitrogen and oxygen atoms in total. The molecule has 0 heterocycles. The van der Waals surface area contributed by atoms with E-state index in [1.165, 1.54) is 51.4 Å². The molecule has 26 heavy (non-hydrogen) atoms. The van der Waals surface area contributed by atoms with Gasteiger partial charge in [0.05, 0.1) is 0 Å². The molecule has 1 heteroatoms. The van der Waals surface area contributed by atoms with Crippen LogP contribution in [0.3, 0.4) is 0 Å². The normalized spacial score (nSPS) is 62.0. The third-order valence-electron chi connectivity index (χ3n) is 11.6. The highest BCUT2D eigenvalue weighted by Crippen LogP contribution is 2.71. The Morgan fingerprint density at radius 3 is 2.19 bits per heavy atom. The highest BCUT2D eigenvalue weighted by molar-refractivity contribution is 5.13. The minimum atomic E-state index is 0.461. The van der Waals surface area contributed by atoms with E-state index in [0.717, 1.165) is 35.5 Å². The highest BCUT2D eigenvalue weighted by Gasteiger charge is 2.63. The fourth-order valence-electron chi connectivity index (χ4n) is 10.2. The van der Waals surface area contributed by atoms with E-state index in [2.05, 4.69) is 27.7 Å². The first-order chi connectivity index (χ1) is 12.3. The van der Waals surface area contributed by atoms with Crippen LogP contribution in [0.2, 0.25) is 0 Å². The van der Waals surface area contributed by atoms with Crippen molar-refractivity contribution in [3.05, 3.63) is 0 Å². The largest absolute Gasteiger partial charge is 0.327 e. The molecule has 0 aromatic heterocycles. The van der Waals surface area contributed by atoms with Crippen molar-refractivity contribution in [2.24, 2.45) is 57.5 Å². The Labute approximate surface area is 162 Å². The Bertz CT molecular complexity index is 571. The second-order valence-corrected chi connectivity index (χ2v) is 12.3. The Morgan fingerprint density at radius 2 is 1.38 bits per heavy atom. The van der Waals surface area contributed by atoms with Crippen molar-refractivity contribution >= 4 is 0 Å². The number of rotatable bonds is 0. The molecule has 0 radical (unpaired) electrons. The molecule has 5 saturated carbocycles. The first-order valence-corrected chi connectivity index (χ1v) is 12.1. The van der Waals surface area contributed by atoms with Gasteiger partial charge in [0.1, 0.15) is 0 Å². The van der Waals surface area contributed by atoms with E-state index in [1.54, 1.807) is 19.3 Å². The predicted molar refractivity (Wildman–Crippen MR) is 110 cm³/mol. The van der Waals surface area contributed by atoms with Crippen LogP contribution in [0.4, 0.5) is 0 Å². The zero-order chi connectivity index (χ0) is 18.3. The van der Waals surface area contributed by atoms with Crippen LogP contribution in [-0.4, -0.2) is 6.04 Å². The van der Waals surface area contributed by atoms with E-state index in [4.69, 9.17) is 5.73 Å². The van der Waals surface area contributed by atoms with Crippen LogP contribution < -0.4 is 5.73 Å². The summed E-state index contributed by atoms with van der Waals surface area (Å²) in [7, 11) is 0. The lowest BCUT2D eigenvalue weighted by Gasteiger charge is -2.67. The highest BCUT2D eigenvalue weighted by atomic mass is 14.7. The summed E-state index contributed by atoms with van der Waals surface area (Å²) in [6, 6.07) is 0.461. The van der Waals surface area contributed by atoms with Gasteiger partial charge in [0.2, 0.25) is 0 Å². The molecule has 5 aliphatic rings. The van der Waals surface area contributed by atoms with Gasteiger partial charge in [-0.3, -0.25) is 0 Å². The molecule has 0 amide bonds. The maximum absolute atomic E-state index is 6.52. The summed E-state index contributed by atoms with van der Waals surface area (Å²) in [5, 5.41) is 0. The molecule has 5 fully saturated rings. The van der Waals surface area contributed by atoms with E-state index >= 15 is 0 Å². The molecule has 0 spiro atoms. The predicted octanol–water partition coefficient (Wildman–Crippen LogP) is 6.41. The summed E-state index contributed by atoms with van der Waals surface area (Å²) < 4.78 is 0. The van der Waals surface area contributed by atoms with Gasteiger partial charge in [-0.05, 0) is 116 Å². The lowest BCUT2D eigenvalue weighted by molar-refractivity contribution is -0.183. The third kappa shape index (κ3) is 2.19. The van der Waals surface area contributed by atoms with Crippen molar-refractivity contribution in [3.63, 3.8) is 0 Å². The van der Waals surface area contributed by atoms with Crippen LogP contribution in [0.15, 0.2) is 0 Å². The van der Waals surface area contributed by atoms with E-state index in [0.29, 0.717) is 22.3 Å². The zero-order valence-corrected chi connectivity index (χ0v) is 17.9. The first-order valence-electron chi connectivity index (χ1n) is 12.1. The van der Waals surface area contributed by atoms with E-state index < -0.39 is 0 Å². The van der Waals surface area contributed by atoms with Gasteiger partial charge in [-0.1, -0.05) is 34.1 Å². The Hall–Kier alpha value is -0.0400. The molecular formula is C25H43N. The molecule has 148 valence electrons. The van der Waals surface area contributed by atoms with Crippen molar-refractivity contribution in [1.29, 1.82) is 0 Å². The fourth-order valence-corrected chi connectivity index (χ4v) is 10.2. The summed E-state index contributed by atoms with van der Waals surface area (Å²) in [4.78, 5) is 0. The second kappa shape index (κ2) is 5.74. The van der Waals surface area contributed by atoms with Gasteiger partial charge in [-0.25, -0.2) is 0 Å². The van der Waals surface area contributed by atoms with Crippen LogP contribution in [0.5, 0.6) is 0 Å². The molecule has 0 saturated heterocycles. The molecule has 2 N–H and O–H groups in total. The van der Waals surface area contributed by atoms with Crippen LogP contribution in [0, 0.1) is 51.8 Å². The topological polar surface area (TPSA) is 26.0 Å². The minimum Gasteiger partial charge on any atom is -0.327 e. The summed E-state index contributed by atoms with van der Waals surface area (Å²) in [5.41, 5.74) is 8.43. The fraction of sp³-hybridized carbons (Fsp3) is 1.00. The Balaban J connectivity index is 1.47. The van der Waals surface area contributed by atoms with Crippen molar-refractivity contribution in [1.82, 2.24) is 0 Å². The monoisotopic (exact) mass is 357 g/mol. The number of fused-ring (bicyclic) bond motifs is 7. The minimum absolute atomic E-state index is 0.461. The maximum Gasteiger partial charge on any atom is 0.00675 e. The van der Waals surface area contributed by atoms with Crippen molar-refractivity contribution < 1.29 is 0 Å². The molecular weight excluding hydrogens is 314 g/mol. The van der Waals surface area contributed by atoms with E-state index in [1.807, 2.05) is 0 Å². The Kier molecular flexibility index (Phi) is 3.98. The van der Waals surface area contributed by atoms with Crippen molar-refractivity contribution in [2.75, 3.05) is 0 Å². The lowest BCUT2D eigenvalue weighted by atomic mass is 9.37. The Morgan fingerprint density at radius 1 is 0.692 bits per heavy atom. The molecule has 0 aliphatic heterocycles. The zero-order valence-electron chi connectivity index (χ0n) is 17.9. The summed E-state index contributed by atoms with van der Waals surface area (Å²) in [5.74, 6) is 5.74. The average molecular weight is 358 g/mol. The number of hydrogen-bond acceptors (Lipinski definition) is 1. The van der Waals surface area contributed by atoms with Crippen LogP contribution in [0.25, 0.3) is 0 Å². The molecule has 0 bridgehead atoms. The maximum atomic E-state index is 6.52. The first kappa shape index (κ1) is 18.0. The van der Waals surface area contributed by atoms with Crippen LogP contribution in [-0.2, 0) is 0 Å². The van der Waals surface area contributed by atoms with E-state index in [-0.39, 0.29) is 0 Å². The number of hydrogen-bond donors (Lipinski definition) is 1. The third-order valence-corrected chi connectivity index (χ3v) is 11.6. The van der Waals surface area contributed by atoms with Gasteiger partial charge >= 0.3 is 0 Å². The molecule has 0 aromatic carbocycles. The quantitative estimate of drug-likeness (QED) is 0.532. The lowest BCUT2D eigenvalue weighted by Crippen LogP contribution is -2.61. The van der Waals surface area contributed by atoms with Crippen molar-refractivity contribution in [3.8, 4) is 0 Å². The molecule has 9 unspecified atom stereocenters.